The molecule has 0 unspecified atom stereocenters. The second-order valence-corrected chi connectivity index (χ2v) is 5.03. The van der Waals surface area contributed by atoms with Crippen LogP contribution in [0.15, 0.2) is 48.7 Å². The van der Waals surface area contributed by atoms with Gasteiger partial charge in [-0.2, -0.15) is 0 Å². The van der Waals surface area contributed by atoms with Crippen molar-refractivity contribution < 1.29 is 14.3 Å². The Hall–Kier alpha value is -2.40. The van der Waals surface area contributed by atoms with E-state index in [4.69, 9.17) is 16.3 Å². The molecule has 6 heteroatoms. The number of carbonyl (C=O) groups excluding carboxylic acids is 2. The molecule has 0 radical (unpaired) electrons. The number of ether oxygens (including phenoxy) is 1. The number of nitrogens with one attached hydrogen (secondary N) is 1. The quantitative estimate of drug-likeness (QED) is 0.859. The van der Waals surface area contributed by atoms with Crippen LogP contribution < -0.4 is 5.32 Å². The number of amides is 1. The van der Waals surface area contributed by atoms with E-state index in [1.54, 1.807) is 42.5 Å². The summed E-state index contributed by atoms with van der Waals surface area (Å²) in [7, 11) is 1.28. The van der Waals surface area contributed by atoms with Crippen molar-refractivity contribution in [2.75, 3.05) is 7.11 Å². The van der Waals surface area contributed by atoms with Gasteiger partial charge in [0.15, 0.2) is 0 Å². The van der Waals surface area contributed by atoms with Crippen LogP contribution in [0.4, 0.5) is 0 Å². The molecule has 0 aliphatic heterocycles. The van der Waals surface area contributed by atoms with Crippen molar-refractivity contribution in [3.63, 3.8) is 0 Å². The molecule has 0 saturated heterocycles. The summed E-state index contributed by atoms with van der Waals surface area (Å²) in [5, 5.41) is 3.25. The maximum atomic E-state index is 12.1. The van der Waals surface area contributed by atoms with Crippen molar-refractivity contribution in [1.29, 1.82) is 0 Å². The summed E-state index contributed by atoms with van der Waals surface area (Å²) in [6.07, 6.45) is 1.82. The van der Waals surface area contributed by atoms with E-state index < -0.39 is 17.9 Å². The van der Waals surface area contributed by atoms with Crippen molar-refractivity contribution in [2.24, 2.45) is 0 Å². The van der Waals surface area contributed by atoms with Gasteiger partial charge in [-0.3, -0.25) is 9.78 Å². The first kappa shape index (κ1) is 16.0. The van der Waals surface area contributed by atoms with Crippen LogP contribution in [0.25, 0.3) is 0 Å². The van der Waals surface area contributed by atoms with Crippen molar-refractivity contribution in [3.8, 4) is 0 Å². The standard InChI is InChI=1S/C16H15ClN2O3/c1-22-16(21)14(10-11-5-7-12(17)8-6-11)19-15(20)13-4-2-3-9-18-13/h2-9,14H,10H2,1H3,(H,19,20)/t14-/m1/s1. The minimum Gasteiger partial charge on any atom is -0.467 e. The molecule has 2 rings (SSSR count). The average molecular weight is 319 g/mol. The lowest BCUT2D eigenvalue weighted by molar-refractivity contribution is -0.142. The van der Waals surface area contributed by atoms with Gasteiger partial charge in [-0.05, 0) is 29.8 Å². The lowest BCUT2D eigenvalue weighted by atomic mass is 10.1. The third-order valence-corrected chi connectivity index (χ3v) is 3.29. The molecule has 1 aromatic heterocycles. The topological polar surface area (TPSA) is 68.3 Å². The van der Waals surface area contributed by atoms with Crippen LogP contribution >= 0.6 is 11.6 Å². The van der Waals surface area contributed by atoms with Crippen LogP contribution in [-0.2, 0) is 16.0 Å². The maximum absolute atomic E-state index is 12.1. The van der Waals surface area contributed by atoms with Gasteiger partial charge in [0.1, 0.15) is 11.7 Å². The normalized spacial score (nSPS) is 11.5. The Labute approximate surface area is 133 Å². The molecule has 1 amide bonds. The minimum atomic E-state index is -0.791. The van der Waals surface area contributed by atoms with Crippen LogP contribution in [0, 0.1) is 0 Å². The van der Waals surface area contributed by atoms with E-state index >= 15 is 0 Å². The number of rotatable bonds is 5. The van der Waals surface area contributed by atoms with Gasteiger partial charge in [0, 0.05) is 17.6 Å². The van der Waals surface area contributed by atoms with Gasteiger partial charge in [-0.25, -0.2) is 4.79 Å². The number of halogens is 1. The number of nitrogens with zero attached hydrogens (tertiary/aromatic N) is 1. The Balaban J connectivity index is 2.11. The second-order valence-electron chi connectivity index (χ2n) is 4.59. The Kier molecular flexibility index (Phi) is 5.49. The summed E-state index contributed by atoms with van der Waals surface area (Å²) in [5.41, 5.74) is 1.11. The zero-order valence-electron chi connectivity index (χ0n) is 12.0. The highest BCUT2D eigenvalue weighted by molar-refractivity contribution is 6.30. The fourth-order valence-electron chi connectivity index (χ4n) is 1.92. The number of carbonyl (C=O) groups is 2. The average Bonchev–Trinajstić information content (AvgIpc) is 2.56. The highest BCUT2D eigenvalue weighted by Crippen LogP contribution is 2.12. The number of pyridine rings is 1. The van der Waals surface area contributed by atoms with Gasteiger partial charge in [-0.1, -0.05) is 29.8 Å². The molecule has 0 fully saturated rings. The van der Waals surface area contributed by atoms with E-state index in [2.05, 4.69) is 10.3 Å². The smallest absolute Gasteiger partial charge is 0.328 e. The van der Waals surface area contributed by atoms with Crippen molar-refractivity contribution in [3.05, 3.63) is 64.9 Å². The molecule has 1 N–H and O–H groups in total. The molecule has 5 nitrogen and oxygen atoms in total. The maximum Gasteiger partial charge on any atom is 0.328 e. The van der Waals surface area contributed by atoms with Crippen molar-refractivity contribution in [2.45, 2.75) is 12.5 Å². The van der Waals surface area contributed by atoms with Crippen LogP contribution in [0.5, 0.6) is 0 Å². The highest BCUT2D eigenvalue weighted by atomic mass is 35.5. The molecule has 1 aromatic carbocycles. The summed E-state index contributed by atoms with van der Waals surface area (Å²) >= 11 is 5.83. The Morgan fingerprint density at radius 2 is 1.95 bits per heavy atom. The van der Waals surface area contributed by atoms with Crippen LogP contribution in [-0.4, -0.2) is 30.0 Å². The van der Waals surface area contributed by atoms with E-state index in [1.807, 2.05) is 0 Å². The number of esters is 1. The van der Waals surface area contributed by atoms with E-state index in [-0.39, 0.29) is 5.69 Å². The van der Waals surface area contributed by atoms with Gasteiger partial charge in [0.05, 0.1) is 7.11 Å². The third-order valence-electron chi connectivity index (χ3n) is 3.04. The molecule has 2 aromatic rings. The van der Waals surface area contributed by atoms with Crippen molar-refractivity contribution >= 4 is 23.5 Å². The third kappa shape index (κ3) is 4.30. The van der Waals surface area contributed by atoms with E-state index in [9.17, 15) is 9.59 Å². The first-order chi connectivity index (χ1) is 10.6. The SMILES string of the molecule is COC(=O)[C@@H](Cc1ccc(Cl)cc1)NC(=O)c1ccccn1. The summed E-state index contributed by atoms with van der Waals surface area (Å²) in [6, 6.07) is 11.2. The minimum absolute atomic E-state index is 0.243. The zero-order chi connectivity index (χ0) is 15.9. The molecular formula is C16H15ClN2O3. The Morgan fingerprint density at radius 3 is 2.55 bits per heavy atom. The number of hydrogen-bond acceptors (Lipinski definition) is 4. The lowest BCUT2D eigenvalue weighted by Crippen LogP contribution is -2.43. The number of benzene rings is 1. The van der Waals surface area contributed by atoms with Gasteiger partial charge in [0.2, 0.25) is 0 Å². The van der Waals surface area contributed by atoms with Crippen LogP contribution in [0.1, 0.15) is 16.1 Å². The van der Waals surface area contributed by atoms with Gasteiger partial charge < -0.3 is 10.1 Å². The van der Waals surface area contributed by atoms with Gasteiger partial charge in [0.25, 0.3) is 5.91 Å². The summed E-state index contributed by atoms with van der Waals surface area (Å²) < 4.78 is 4.74. The van der Waals surface area contributed by atoms with Gasteiger partial charge in [-0.15, -0.1) is 0 Å². The Bertz CT molecular complexity index is 644. The molecule has 0 spiro atoms. The predicted octanol–water partition coefficient (Wildman–Crippen LogP) is 2.25. The molecular weight excluding hydrogens is 304 g/mol. The highest BCUT2D eigenvalue weighted by Gasteiger charge is 2.23. The molecule has 1 atom stereocenters. The lowest BCUT2D eigenvalue weighted by Gasteiger charge is -2.16. The summed E-state index contributed by atoms with van der Waals surface area (Å²) in [4.78, 5) is 27.9. The van der Waals surface area contributed by atoms with E-state index in [0.717, 1.165) is 5.56 Å². The summed E-state index contributed by atoms with van der Waals surface area (Å²) in [6.45, 7) is 0. The van der Waals surface area contributed by atoms with E-state index in [1.165, 1.54) is 13.3 Å². The fourth-order valence-corrected chi connectivity index (χ4v) is 2.05. The van der Waals surface area contributed by atoms with Crippen LogP contribution in [0.3, 0.4) is 0 Å². The Morgan fingerprint density at radius 1 is 1.23 bits per heavy atom. The molecule has 0 saturated carbocycles. The largest absolute Gasteiger partial charge is 0.467 e. The summed E-state index contributed by atoms with van der Waals surface area (Å²) in [5.74, 6) is -0.941. The fraction of sp³-hybridized carbons (Fsp3) is 0.188. The van der Waals surface area contributed by atoms with E-state index in [0.29, 0.717) is 11.4 Å². The monoisotopic (exact) mass is 318 g/mol. The molecule has 22 heavy (non-hydrogen) atoms. The van der Waals surface area contributed by atoms with Crippen molar-refractivity contribution in [1.82, 2.24) is 10.3 Å². The molecule has 0 aliphatic rings. The molecule has 0 aliphatic carbocycles. The number of hydrogen-bond donors (Lipinski definition) is 1. The molecule has 0 bridgehead atoms. The van der Waals surface area contributed by atoms with Crippen LogP contribution in [0.2, 0.25) is 5.02 Å². The molecule has 114 valence electrons. The molecule has 1 heterocycles. The number of methoxy groups -OCH3 is 1. The number of aromatic nitrogens is 1. The predicted molar refractivity (Wildman–Crippen MR) is 82.7 cm³/mol. The van der Waals surface area contributed by atoms with Gasteiger partial charge >= 0.3 is 5.97 Å². The zero-order valence-corrected chi connectivity index (χ0v) is 12.7. The second kappa shape index (κ2) is 7.56. The first-order valence-corrected chi connectivity index (χ1v) is 7.02. The first-order valence-electron chi connectivity index (χ1n) is 6.64.